The minimum atomic E-state index is 0.595. The monoisotopic (exact) mass is 387 g/mol. The van der Waals surface area contributed by atoms with Gasteiger partial charge in [0.15, 0.2) is 11.5 Å². The van der Waals surface area contributed by atoms with Gasteiger partial charge in [0.25, 0.3) is 0 Å². The largest absolute Gasteiger partial charge is 0.493 e. The second-order valence-corrected chi connectivity index (χ2v) is 6.07. The fraction of sp³-hybridized carbons (Fsp3) is 0.222. The van der Waals surface area contributed by atoms with Crippen LogP contribution in [0.15, 0.2) is 47.2 Å². The number of ether oxygens (including phenoxy) is 2. The van der Waals surface area contributed by atoms with Crippen LogP contribution >= 0.6 is 15.9 Å². The molecule has 1 heterocycles. The average molecular weight is 388 g/mol. The summed E-state index contributed by atoms with van der Waals surface area (Å²) in [5.74, 6) is 2.28. The van der Waals surface area contributed by atoms with Gasteiger partial charge in [-0.2, -0.15) is 0 Å². The van der Waals surface area contributed by atoms with Crippen LogP contribution in [0.5, 0.6) is 11.5 Å². The third-order valence-electron chi connectivity index (χ3n) is 3.59. The second kappa shape index (κ2) is 7.49. The maximum Gasteiger partial charge on any atom is 0.161 e. The maximum absolute atomic E-state index is 5.62. The van der Waals surface area contributed by atoms with E-state index >= 15 is 0 Å². The lowest BCUT2D eigenvalue weighted by Crippen LogP contribution is -2.04. The zero-order valence-corrected chi connectivity index (χ0v) is 15.1. The highest BCUT2D eigenvalue weighted by molar-refractivity contribution is 9.10. The van der Waals surface area contributed by atoms with Crippen LogP contribution in [0.25, 0.3) is 10.9 Å². The summed E-state index contributed by atoms with van der Waals surface area (Å²) in [4.78, 5) is 8.65. The van der Waals surface area contributed by atoms with E-state index in [2.05, 4.69) is 31.2 Å². The topological polar surface area (TPSA) is 56.3 Å². The Bertz CT molecular complexity index is 855. The number of anilines is 1. The summed E-state index contributed by atoms with van der Waals surface area (Å²) in [5, 5.41) is 4.35. The summed E-state index contributed by atoms with van der Waals surface area (Å²) < 4.78 is 11.9. The summed E-state index contributed by atoms with van der Waals surface area (Å²) >= 11 is 3.49. The van der Waals surface area contributed by atoms with E-state index in [1.54, 1.807) is 13.4 Å². The van der Waals surface area contributed by atoms with Gasteiger partial charge in [-0.15, -0.1) is 0 Å². The van der Waals surface area contributed by atoms with Gasteiger partial charge in [-0.1, -0.05) is 22.0 Å². The molecular formula is C18H18BrN3O2. The first kappa shape index (κ1) is 16.5. The zero-order valence-electron chi connectivity index (χ0n) is 13.5. The van der Waals surface area contributed by atoms with E-state index in [1.165, 1.54) is 0 Å². The molecule has 6 heteroatoms. The van der Waals surface area contributed by atoms with Crippen molar-refractivity contribution in [2.24, 2.45) is 0 Å². The van der Waals surface area contributed by atoms with E-state index < -0.39 is 0 Å². The molecule has 0 spiro atoms. The van der Waals surface area contributed by atoms with Crippen molar-refractivity contribution in [1.82, 2.24) is 9.97 Å². The van der Waals surface area contributed by atoms with Crippen molar-refractivity contribution in [2.45, 2.75) is 13.5 Å². The van der Waals surface area contributed by atoms with Crippen molar-refractivity contribution < 1.29 is 9.47 Å². The first-order chi connectivity index (χ1) is 11.7. The Morgan fingerprint density at radius 2 is 1.96 bits per heavy atom. The van der Waals surface area contributed by atoms with Crippen molar-refractivity contribution in [3.05, 3.63) is 52.8 Å². The number of nitrogens with zero attached hydrogens (tertiary/aromatic N) is 2. The summed E-state index contributed by atoms with van der Waals surface area (Å²) in [7, 11) is 1.64. The van der Waals surface area contributed by atoms with E-state index in [4.69, 9.17) is 9.47 Å². The average Bonchev–Trinajstić information content (AvgIpc) is 2.60. The molecule has 1 aromatic heterocycles. The number of methoxy groups -OCH3 is 1. The Balaban J connectivity index is 1.83. The number of hydrogen-bond donors (Lipinski definition) is 1. The summed E-state index contributed by atoms with van der Waals surface area (Å²) in [6.07, 6.45) is 1.57. The predicted molar refractivity (Wildman–Crippen MR) is 98.7 cm³/mol. The molecule has 3 rings (SSSR count). The van der Waals surface area contributed by atoms with Crippen LogP contribution < -0.4 is 14.8 Å². The van der Waals surface area contributed by atoms with Gasteiger partial charge in [-0.25, -0.2) is 9.97 Å². The van der Waals surface area contributed by atoms with Crippen molar-refractivity contribution in [3.63, 3.8) is 0 Å². The number of fused-ring (bicyclic) bond motifs is 1. The molecule has 24 heavy (non-hydrogen) atoms. The van der Waals surface area contributed by atoms with Crippen LogP contribution in [0.3, 0.4) is 0 Å². The maximum atomic E-state index is 5.62. The normalized spacial score (nSPS) is 10.6. The quantitative estimate of drug-likeness (QED) is 0.678. The van der Waals surface area contributed by atoms with Gasteiger partial charge in [-0.05, 0) is 42.8 Å². The Kier molecular flexibility index (Phi) is 5.15. The zero-order chi connectivity index (χ0) is 16.9. The highest BCUT2D eigenvalue weighted by atomic mass is 79.9. The third-order valence-corrected chi connectivity index (χ3v) is 4.08. The lowest BCUT2D eigenvalue weighted by molar-refractivity contribution is 0.310. The molecule has 0 aliphatic rings. The van der Waals surface area contributed by atoms with Gasteiger partial charge in [0.05, 0.1) is 19.2 Å². The molecule has 0 amide bonds. The molecule has 0 saturated heterocycles. The Morgan fingerprint density at radius 1 is 1.08 bits per heavy atom. The summed E-state index contributed by atoms with van der Waals surface area (Å²) in [6, 6.07) is 11.8. The van der Waals surface area contributed by atoms with Crippen LogP contribution in [0.4, 0.5) is 5.82 Å². The Morgan fingerprint density at radius 3 is 2.75 bits per heavy atom. The number of benzene rings is 2. The highest BCUT2D eigenvalue weighted by Gasteiger charge is 2.07. The molecule has 3 aromatic rings. The smallest absolute Gasteiger partial charge is 0.161 e. The molecule has 0 radical (unpaired) electrons. The van der Waals surface area contributed by atoms with E-state index in [0.717, 1.165) is 38.3 Å². The number of hydrogen-bond acceptors (Lipinski definition) is 5. The molecule has 0 fully saturated rings. The second-order valence-electron chi connectivity index (χ2n) is 5.16. The van der Waals surface area contributed by atoms with Gasteiger partial charge < -0.3 is 14.8 Å². The fourth-order valence-corrected chi connectivity index (χ4v) is 2.82. The van der Waals surface area contributed by atoms with Crippen LogP contribution in [-0.2, 0) is 6.54 Å². The molecule has 1 N–H and O–H groups in total. The molecule has 0 unspecified atom stereocenters. The SMILES string of the molecule is CCOc1cc(CNc2ncnc3ccc(Br)cc23)ccc1OC. The molecule has 0 aliphatic carbocycles. The molecule has 2 aromatic carbocycles. The highest BCUT2D eigenvalue weighted by Crippen LogP contribution is 2.29. The van der Waals surface area contributed by atoms with Crippen molar-refractivity contribution in [1.29, 1.82) is 0 Å². The first-order valence-corrected chi connectivity index (χ1v) is 8.44. The van der Waals surface area contributed by atoms with Crippen molar-refractivity contribution in [2.75, 3.05) is 19.0 Å². The Hall–Kier alpha value is -2.34. The van der Waals surface area contributed by atoms with Gasteiger partial charge >= 0.3 is 0 Å². The number of halogens is 1. The first-order valence-electron chi connectivity index (χ1n) is 7.65. The van der Waals surface area contributed by atoms with Crippen LogP contribution in [0.2, 0.25) is 0 Å². The third kappa shape index (κ3) is 3.59. The van der Waals surface area contributed by atoms with Crippen molar-refractivity contribution >= 4 is 32.7 Å². The minimum Gasteiger partial charge on any atom is -0.493 e. The number of rotatable bonds is 6. The molecule has 124 valence electrons. The lowest BCUT2D eigenvalue weighted by Gasteiger charge is -2.12. The molecular weight excluding hydrogens is 370 g/mol. The number of nitrogens with one attached hydrogen (secondary N) is 1. The lowest BCUT2D eigenvalue weighted by atomic mass is 10.2. The van der Waals surface area contributed by atoms with E-state index in [0.29, 0.717) is 13.2 Å². The molecule has 5 nitrogen and oxygen atoms in total. The summed E-state index contributed by atoms with van der Waals surface area (Å²) in [6.45, 7) is 3.18. The van der Waals surface area contributed by atoms with Gasteiger partial charge in [-0.3, -0.25) is 0 Å². The van der Waals surface area contributed by atoms with Crippen LogP contribution in [-0.4, -0.2) is 23.7 Å². The van der Waals surface area contributed by atoms with Crippen molar-refractivity contribution in [3.8, 4) is 11.5 Å². The Labute approximate surface area is 149 Å². The van der Waals surface area contributed by atoms with E-state index in [-0.39, 0.29) is 0 Å². The molecule has 0 aliphatic heterocycles. The molecule has 0 bridgehead atoms. The molecule has 0 atom stereocenters. The fourth-order valence-electron chi connectivity index (χ4n) is 2.45. The predicted octanol–water partition coefficient (Wildman–Crippen LogP) is 4.41. The summed E-state index contributed by atoms with van der Waals surface area (Å²) in [5.41, 5.74) is 1.99. The standard InChI is InChI=1S/C18H18BrN3O2/c1-3-24-17-8-12(4-7-16(17)23-2)10-20-18-14-9-13(19)5-6-15(14)21-11-22-18/h4-9,11H,3,10H2,1-2H3,(H,20,21,22). The van der Waals surface area contributed by atoms with Gasteiger partial charge in [0.1, 0.15) is 12.1 Å². The van der Waals surface area contributed by atoms with Gasteiger partial charge in [0.2, 0.25) is 0 Å². The number of aromatic nitrogens is 2. The van der Waals surface area contributed by atoms with Gasteiger partial charge in [0, 0.05) is 16.4 Å². The van der Waals surface area contributed by atoms with Crippen LogP contribution in [0, 0.1) is 0 Å². The van der Waals surface area contributed by atoms with E-state index in [9.17, 15) is 0 Å². The van der Waals surface area contributed by atoms with E-state index in [1.807, 2.05) is 43.3 Å². The minimum absolute atomic E-state index is 0.595. The van der Waals surface area contributed by atoms with Crippen LogP contribution in [0.1, 0.15) is 12.5 Å². The molecule has 0 saturated carbocycles.